The highest BCUT2D eigenvalue weighted by atomic mass is 35.5. The van der Waals surface area contributed by atoms with Gasteiger partial charge in [0.05, 0.1) is 42.0 Å². The average molecular weight is 686 g/mol. The SMILES string of the molecule is CC(=O)NC(C)(C)c1ccc(C(=O)O)cc1.COC(=O)c1ccc(C(C)(C)N)cc1.COC(=O)c1ccc(C(C)(C)NC(C)=O)cc1.Cl. The lowest BCUT2D eigenvalue weighted by Crippen LogP contribution is -2.39. The normalized spacial score (nSPS) is 10.7. The van der Waals surface area contributed by atoms with E-state index in [0.29, 0.717) is 11.1 Å². The quantitative estimate of drug-likeness (QED) is 0.217. The number of carbonyl (C=O) groups is 5. The van der Waals surface area contributed by atoms with Gasteiger partial charge in [-0.15, -0.1) is 12.4 Å². The largest absolute Gasteiger partial charge is 0.478 e. The summed E-state index contributed by atoms with van der Waals surface area (Å²) in [5.41, 5.74) is 8.63. The molecule has 5 N–H and O–H groups in total. The topological polar surface area (TPSA) is 174 Å². The predicted molar refractivity (Wildman–Crippen MR) is 187 cm³/mol. The Balaban J connectivity index is 0.000000686. The van der Waals surface area contributed by atoms with E-state index in [-0.39, 0.29) is 47.3 Å². The van der Waals surface area contributed by atoms with Gasteiger partial charge in [-0.05, 0) is 94.6 Å². The van der Waals surface area contributed by atoms with Crippen LogP contribution in [0.1, 0.15) is 103 Å². The van der Waals surface area contributed by atoms with Crippen molar-refractivity contribution >= 4 is 42.1 Å². The number of ether oxygens (including phenoxy) is 2. The number of aromatic carboxylic acids is 1. The molecule has 3 aromatic carbocycles. The van der Waals surface area contributed by atoms with Crippen LogP contribution in [0.5, 0.6) is 0 Å². The van der Waals surface area contributed by atoms with Crippen molar-refractivity contribution in [2.24, 2.45) is 5.73 Å². The molecule has 0 saturated carbocycles. The third kappa shape index (κ3) is 13.9. The molecule has 0 fully saturated rings. The Morgan fingerprint density at radius 3 is 1.06 bits per heavy atom. The van der Waals surface area contributed by atoms with Gasteiger partial charge in [0.15, 0.2) is 0 Å². The first-order chi connectivity index (χ1) is 21.6. The Kier molecular flexibility index (Phi) is 16.7. The highest BCUT2D eigenvalue weighted by Gasteiger charge is 2.22. The fourth-order valence-corrected chi connectivity index (χ4v) is 4.35. The number of nitrogens with two attached hydrogens (primary N) is 1. The van der Waals surface area contributed by atoms with Crippen LogP contribution in [0.25, 0.3) is 0 Å². The van der Waals surface area contributed by atoms with E-state index in [4.69, 9.17) is 10.8 Å². The number of halogens is 1. The highest BCUT2D eigenvalue weighted by molar-refractivity contribution is 5.90. The van der Waals surface area contributed by atoms with Crippen molar-refractivity contribution in [3.63, 3.8) is 0 Å². The maximum atomic E-state index is 11.3. The molecule has 0 bridgehead atoms. The van der Waals surface area contributed by atoms with Crippen molar-refractivity contribution in [2.45, 2.75) is 72.0 Å². The summed E-state index contributed by atoms with van der Waals surface area (Å²) in [6.45, 7) is 14.3. The van der Waals surface area contributed by atoms with Gasteiger partial charge >= 0.3 is 17.9 Å². The van der Waals surface area contributed by atoms with Gasteiger partial charge in [-0.1, -0.05) is 36.4 Å². The number of nitrogens with one attached hydrogen (secondary N) is 2. The number of carboxylic acid groups (broad SMARTS) is 1. The fourth-order valence-electron chi connectivity index (χ4n) is 4.35. The van der Waals surface area contributed by atoms with Crippen LogP contribution < -0.4 is 16.4 Å². The standard InChI is InChI=1S/C13H17NO3.C12H15NO3.C11H15NO2.ClH/c1-9(15)14-13(2,3)11-7-5-10(6-8-11)12(16)17-4;1-8(14)13-12(2,3)10-6-4-9(5-7-10)11(15)16;1-11(2,12)9-6-4-8(5-7-9)10(13)14-3;/h5-8H,1-4H3,(H,14,15);4-7H,1-3H3,(H,13,14)(H,15,16);4-7H,12H2,1-3H3;1H. The maximum Gasteiger partial charge on any atom is 0.337 e. The summed E-state index contributed by atoms with van der Waals surface area (Å²) in [7, 11) is 2.71. The number of esters is 2. The number of methoxy groups -OCH3 is 2. The molecule has 0 saturated heterocycles. The third-order valence-corrected chi connectivity index (χ3v) is 6.91. The van der Waals surface area contributed by atoms with Crippen LogP contribution in [0.3, 0.4) is 0 Å². The molecule has 11 nitrogen and oxygen atoms in total. The van der Waals surface area contributed by atoms with E-state index in [9.17, 15) is 24.0 Å². The smallest absolute Gasteiger partial charge is 0.337 e. The molecule has 0 radical (unpaired) electrons. The van der Waals surface area contributed by atoms with Crippen LogP contribution in [-0.2, 0) is 35.7 Å². The fraction of sp³-hybridized carbons (Fsp3) is 0.361. The molecule has 262 valence electrons. The Morgan fingerprint density at radius 1 is 0.562 bits per heavy atom. The Bertz CT molecular complexity index is 1530. The zero-order chi connectivity index (χ0) is 36.2. The number of hydrogen-bond donors (Lipinski definition) is 4. The minimum atomic E-state index is -0.955. The number of hydrogen-bond acceptors (Lipinski definition) is 8. The van der Waals surface area contributed by atoms with Gasteiger partial charge in [0.25, 0.3) is 0 Å². The van der Waals surface area contributed by atoms with Gasteiger partial charge in [0, 0.05) is 19.4 Å². The van der Waals surface area contributed by atoms with Crippen LogP contribution in [-0.4, -0.2) is 49.0 Å². The van der Waals surface area contributed by atoms with Crippen molar-refractivity contribution in [1.82, 2.24) is 10.6 Å². The lowest BCUT2D eigenvalue weighted by atomic mass is 9.93. The van der Waals surface area contributed by atoms with Crippen molar-refractivity contribution in [3.05, 3.63) is 106 Å². The van der Waals surface area contributed by atoms with Gasteiger partial charge in [-0.3, -0.25) is 9.59 Å². The number of carbonyl (C=O) groups excluding carboxylic acids is 4. The number of carboxylic acids is 1. The van der Waals surface area contributed by atoms with Gasteiger partial charge in [-0.2, -0.15) is 0 Å². The van der Waals surface area contributed by atoms with Crippen molar-refractivity contribution in [3.8, 4) is 0 Å². The highest BCUT2D eigenvalue weighted by Crippen LogP contribution is 2.22. The number of amides is 2. The summed E-state index contributed by atoms with van der Waals surface area (Å²) < 4.78 is 9.21. The van der Waals surface area contributed by atoms with Crippen LogP contribution >= 0.6 is 12.4 Å². The lowest BCUT2D eigenvalue weighted by Gasteiger charge is -2.26. The monoisotopic (exact) mass is 685 g/mol. The maximum absolute atomic E-state index is 11.3. The van der Waals surface area contributed by atoms with Crippen molar-refractivity contribution in [1.29, 1.82) is 0 Å². The minimum Gasteiger partial charge on any atom is -0.478 e. The first kappa shape index (κ1) is 43.3. The summed E-state index contributed by atoms with van der Waals surface area (Å²) in [6.07, 6.45) is 0. The molecule has 0 aliphatic heterocycles. The zero-order valence-corrected chi connectivity index (χ0v) is 30.0. The summed E-state index contributed by atoms with van der Waals surface area (Å²) in [5.74, 6) is -1.86. The van der Waals surface area contributed by atoms with E-state index in [2.05, 4.69) is 20.1 Å². The zero-order valence-electron chi connectivity index (χ0n) is 29.2. The third-order valence-electron chi connectivity index (χ3n) is 6.91. The summed E-state index contributed by atoms with van der Waals surface area (Å²) in [5, 5.41) is 14.4. The molecule has 0 aliphatic rings. The predicted octanol–water partition coefficient (Wildman–Crippen LogP) is 5.69. The summed E-state index contributed by atoms with van der Waals surface area (Å²) in [6, 6.07) is 20.6. The second kappa shape index (κ2) is 18.6. The van der Waals surface area contributed by atoms with Crippen LogP contribution in [0.4, 0.5) is 0 Å². The molecule has 48 heavy (non-hydrogen) atoms. The lowest BCUT2D eigenvalue weighted by molar-refractivity contribution is -0.121. The Morgan fingerprint density at radius 2 is 0.833 bits per heavy atom. The van der Waals surface area contributed by atoms with Crippen molar-refractivity contribution < 1.29 is 38.6 Å². The average Bonchev–Trinajstić information content (AvgIpc) is 2.99. The van der Waals surface area contributed by atoms with Crippen LogP contribution in [0.15, 0.2) is 72.8 Å². The number of benzene rings is 3. The molecule has 0 aromatic heterocycles. The molecular formula is C36H48ClN3O8. The molecule has 0 heterocycles. The van der Waals surface area contributed by atoms with Gasteiger partial charge in [0.2, 0.25) is 11.8 Å². The Labute approximate surface area is 289 Å². The van der Waals surface area contributed by atoms with Crippen molar-refractivity contribution in [2.75, 3.05) is 14.2 Å². The summed E-state index contributed by atoms with van der Waals surface area (Å²) in [4.78, 5) is 55.1. The molecule has 0 unspecified atom stereocenters. The van der Waals surface area contributed by atoms with Gasteiger partial charge in [0.1, 0.15) is 0 Å². The second-order valence-corrected chi connectivity index (χ2v) is 12.4. The van der Waals surface area contributed by atoms with Crippen LogP contribution in [0.2, 0.25) is 0 Å². The first-order valence-corrected chi connectivity index (χ1v) is 14.7. The Hall–Kier alpha value is -4.74. The molecule has 0 aliphatic carbocycles. The summed E-state index contributed by atoms with van der Waals surface area (Å²) >= 11 is 0. The van der Waals surface area contributed by atoms with Gasteiger partial charge in [-0.25, -0.2) is 14.4 Å². The van der Waals surface area contributed by atoms with E-state index in [0.717, 1.165) is 16.7 Å². The van der Waals surface area contributed by atoms with Gasteiger partial charge < -0.3 is 30.9 Å². The molecule has 3 rings (SSSR count). The van der Waals surface area contributed by atoms with E-state index in [1.165, 1.54) is 40.2 Å². The molecule has 0 spiro atoms. The van der Waals surface area contributed by atoms with E-state index >= 15 is 0 Å². The molecule has 2 amide bonds. The van der Waals surface area contributed by atoms with E-state index < -0.39 is 17.0 Å². The molecule has 12 heteroatoms. The molecule has 0 atom stereocenters. The van der Waals surface area contributed by atoms with E-state index in [1.54, 1.807) is 36.4 Å². The van der Waals surface area contributed by atoms with Crippen LogP contribution in [0, 0.1) is 0 Å². The number of rotatable bonds is 8. The minimum absolute atomic E-state index is 0. The first-order valence-electron chi connectivity index (χ1n) is 14.7. The van der Waals surface area contributed by atoms with E-state index in [1.807, 2.05) is 65.8 Å². The molecule has 3 aromatic rings. The molecular weight excluding hydrogens is 638 g/mol. The second-order valence-electron chi connectivity index (χ2n) is 12.4.